The fraction of sp³-hybridized carbons (Fsp3) is 0.412. The Kier molecular flexibility index (Phi) is 5.84. The lowest BCUT2D eigenvalue weighted by Crippen LogP contribution is -2.35. The molecule has 1 aromatic rings. The molecule has 1 aliphatic rings. The quantitative estimate of drug-likeness (QED) is 0.819. The number of carbonyl (C=O) groups is 2. The normalized spacial score (nSPS) is 20.6. The van der Waals surface area contributed by atoms with Crippen molar-refractivity contribution in [3.8, 4) is 0 Å². The molecular formula is C17H20F2N2O2. The number of rotatable bonds is 5. The number of nitrogens with one attached hydrogen (secondary N) is 2. The van der Waals surface area contributed by atoms with Gasteiger partial charge in [-0.2, -0.15) is 0 Å². The van der Waals surface area contributed by atoms with E-state index >= 15 is 0 Å². The summed E-state index contributed by atoms with van der Waals surface area (Å²) in [6.45, 7) is 3.96. The van der Waals surface area contributed by atoms with Crippen molar-refractivity contribution in [3.05, 3.63) is 42.5 Å². The van der Waals surface area contributed by atoms with Gasteiger partial charge in [0.25, 0.3) is 0 Å². The van der Waals surface area contributed by atoms with Crippen LogP contribution in [0.5, 0.6) is 0 Å². The van der Waals surface area contributed by atoms with E-state index in [-0.39, 0.29) is 17.7 Å². The monoisotopic (exact) mass is 322 g/mol. The van der Waals surface area contributed by atoms with Gasteiger partial charge in [-0.1, -0.05) is 12.1 Å². The van der Waals surface area contributed by atoms with E-state index in [1.807, 2.05) is 0 Å². The van der Waals surface area contributed by atoms with Gasteiger partial charge in [-0.15, -0.1) is 6.58 Å². The van der Waals surface area contributed by atoms with E-state index in [1.54, 1.807) is 6.08 Å². The Morgan fingerprint density at radius 1 is 1.09 bits per heavy atom. The first kappa shape index (κ1) is 17.1. The molecule has 0 atom stereocenters. The average molecular weight is 322 g/mol. The molecular weight excluding hydrogens is 302 g/mol. The minimum absolute atomic E-state index is 0.0380. The third-order valence-corrected chi connectivity index (χ3v) is 4.10. The van der Waals surface area contributed by atoms with Crippen LogP contribution in [0.25, 0.3) is 0 Å². The molecule has 0 spiro atoms. The molecule has 0 bridgehead atoms. The maximum atomic E-state index is 13.5. The second-order valence-corrected chi connectivity index (χ2v) is 5.67. The smallest absolute Gasteiger partial charge is 0.227 e. The lowest BCUT2D eigenvalue weighted by molar-refractivity contribution is -0.128. The van der Waals surface area contributed by atoms with Crippen molar-refractivity contribution in [1.29, 1.82) is 0 Å². The summed E-state index contributed by atoms with van der Waals surface area (Å²) in [4.78, 5) is 24.0. The molecule has 1 fully saturated rings. The third kappa shape index (κ3) is 4.37. The van der Waals surface area contributed by atoms with Gasteiger partial charge in [-0.05, 0) is 37.8 Å². The van der Waals surface area contributed by atoms with Crippen molar-refractivity contribution in [2.45, 2.75) is 25.7 Å². The Bertz CT molecular complexity index is 576. The summed E-state index contributed by atoms with van der Waals surface area (Å²) in [5.74, 6) is -2.49. The first-order chi connectivity index (χ1) is 11.0. The van der Waals surface area contributed by atoms with Gasteiger partial charge in [0.2, 0.25) is 11.8 Å². The van der Waals surface area contributed by atoms with E-state index in [2.05, 4.69) is 17.2 Å². The number of carbonyl (C=O) groups excluding carboxylic acids is 2. The van der Waals surface area contributed by atoms with Gasteiger partial charge < -0.3 is 10.6 Å². The molecule has 124 valence electrons. The number of hydrogen-bond donors (Lipinski definition) is 2. The van der Waals surface area contributed by atoms with E-state index in [9.17, 15) is 18.4 Å². The van der Waals surface area contributed by atoms with Crippen molar-refractivity contribution >= 4 is 17.5 Å². The van der Waals surface area contributed by atoms with Crippen molar-refractivity contribution in [1.82, 2.24) is 5.32 Å². The highest BCUT2D eigenvalue weighted by Gasteiger charge is 2.30. The van der Waals surface area contributed by atoms with Crippen LogP contribution in [0.15, 0.2) is 30.9 Å². The maximum absolute atomic E-state index is 13.5. The molecule has 0 aromatic heterocycles. The highest BCUT2D eigenvalue weighted by molar-refractivity contribution is 5.93. The number of para-hydroxylation sites is 1. The lowest BCUT2D eigenvalue weighted by atomic mass is 9.81. The molecule has 23 heavy (non-hydrogen) atoms. The zero-order valence-electron chi connectivity index (χ0n) is 12.8. The van der Waals surface area contributed by atoms with Crippen LogP contribution in [0.2, 0.25) is 0 Å². The van der Waals surface area contributed by atoms with E-state index in [1.165, 1.54) is 6.07 Å². The van der Waals surface area contributed by atoms with Gasteiger partial charge in [0.1, 0.15) is 17.3 Å². The van der Waals surface area contributed by atoms with Crippen LogP contribution >= 0.6 is 0 Å². The molecule has 0 saturated heterocycles. The summed E-state index contributed by atoms with van der Waals surface area (Å²) in [5, 5.41) is 5.07. The SMILES string of the molecule is C=CCNC(=O)C1CCC(C(=O)Nc2c(F)cccc2F)CC1. The first-order valence-electron chi connectivity index (χ1n) is 7.66. The average Bonchev–Trinajstić information content (AvgIpc) is 2.56. The molecule has 1 aromatic carbocycles. The largest absolute Gasteiger partial charge is 0.352 e. The highest BCUT2D eigenvalue weighted by atomic mass is 19.1. The molecule has 1 aliphatic carbocycles. The minimum Gasteiger partial charge on any atom is -0.352 e. The van der Waals surface area contributed by atoms with E-state index < -0.39 is 23.2 Å². The van der Waals surface area contributed by atoms with Crippen LogP contribution in [-0.4, -0.2) is 18.4 Å². The van der Waals surface area contributed by atoms with Crippen molar-refractivity contribution < 1.29 is 18.4 Å². The fourth-order valence-corrected chi connectivity index (χ4v) is 2.78. The summed E-state index contributed by atoms with van der Waals surface area (Å²) < 4.78 is 27.1. The summed E-state index contributed by atoms with van der Waals surface area (Å²) in [6.07, 6.45) is 3.82. The third-order valence-electron chi connectivity index (χ3n) is 4.10. The summed E-state index contributed by atoms with van der Waals surface area (Å²) in [7, 11) is 0. The number of benzene rings is 1. The molecule has 0 radical (unpaired) electrons. The molecule has 2 amide bonds. The fourth-order valence-electron chi connectivity index (χ4n) is 2.78. The number of amides is 2. The first-order valence-corrected chi connectivity index (χ1v) is 7.66. The Morgan fingerprint density at radius 2 is 1.61 bits per heavy atom. The molecule has 2 N–H and O–H groups in total. The number of hydrogen-bond acceptors (Lipinski definition) is 2. The van der Waals surface area contributed by atoms with Crippen LogP contribution in [0.4, 0.5) is 14.5 Å². The topological polar surface area (TPSA) is 58.2 Å². The van der Waals surface area contributed by atoms with Gasteiger partial charge in [-0.3, -0.25) is 9.59 Å². The molecule has 2 rings (SSSR count). The molecule has 0 heterocycles. The van der Waals surface area contributed by atoms with Crippen molar-refractivity contribution in [3.63, 3.8) is 0 Å². The molecule has 0 aliphatic heterocycles. The van der Waals surface area contributed by atoms with Crippen molar-refractivity contribution in [2.24, 2.45) is 11.8 Å². The van der Waals surface area contributed by atoms with Crippen LogP contribution in [-0.2, 0) is 9.59 Å². The second-order valence-electron chi connectivity index (χ2n) is 5.67. The van der Waals surface area contributed by atoms with Gasteiger partial charge in [0, 0.05) is 18.4 Å². The summed E-state index contributed by atoms with van der Waals surface area (Å²) in [5.41, 5.74) is -0.414. The van der Waals surface area contributed by atoms with Crippen LogP contribution < -0.4 is 10.6 Å². The van der Waals surface area contributed by atoms with E-state index in [0.29, 0.717) is 32.2 Å². The van der Waals surface area contributed by atoms with Crippen molar-refractivity contribution in [2.75, 3.05) is 11.9 Å². The van der Waals surface area contributed by atoms with Gasteiger partial charge in [0.15, 0.2) is 0 Å². The number of anilines is 1. The maximum Gasteiger partial charge on any atom is 0.227 e. The van der Waals surface area contributed by atoms with Crippen LogP contribution in [0.3, 0.4) is 0 Å². The predicted octanol–water partition coefficient (Wildman–Crippen LogP) is 3.01. The zero-order valence-corrected chi connectivity index (χ0v) is 12.8. The standard InChI is InChI=1S/C17H20F2N2O2/c1-2-10-20-16(22)11-6-8-12(9-7-11)17(23)21-15-13(18)4-3-5-14(15)19/h2-5,11-12H,1,6-10H2,(H,20,22)(H,21,23). The Morgan fingerprint density at radius 3 is 2.13 bits per heavy atom. The zero-order chi connectivity index (χ0) is 16.8. The van der Waals surface area contributed by atoms with Crippen LogP contribution in [0, 0.1) is 23.5 Å². The number of halogens is 2. The molecule has 0 unspecified atom stereocenters. The lowest BCUT2D eigenvalue weighted by Gasteiger charge is -2.27. The second kappa shape index (κ2) is 7.85. The Balaban J connectivity index is 1.89. The summed E-state index contributed by atoms with van der Waals surface area (Å²) in [6, 6.07) is 3.44. The molecule has 4 nitrogen and oxygen atoms in total. The Labute approximate surface area is 134 Å². The van der Waals surface area contributed by atoms with Gasteiger partial charge in [0.05, 0.1) is 0 Å². The van der Waals surface area contributed by atoms with Gasteiger partial charge >= 0.3 is 0 Å². The van der Waals surface area contributed by atoms with E-state index in [0.717, 1.165) is 12.1 Å². The molecule has 1 saturated carbocycles. The molecule has 6 heteroatoms. The van der Waals surface area contributed by atoms with Gasteiger partial charge in [-0.25, -0.2) is 8.78 Å². The highest BCUT2D eigenvalue weighted by Crippen LogP contribution is 2.30. The Hall–Kier alpha value is -2.24. The van der Waals surface area contributed by atoms with Crippen LogP contribution in [0.1, 0.15) is 25.7 Å². The summed E-state index contributed by atoms with van der Waals surface area (Å²) >= 11 is 0. The van der Waals surface area contributed by atoms with E-state index in [4.69, 9.17) is 0 Å². The minimum atomic E-state index is -0.796. The predicted molar refractivity (Wildman–Crippen MR) is 83.6 cm³/mol.